The Balaban J connectivity index is 1.65. The van der Waals surface area contributed by atoms with Gasteiger partial charge in [0.15, 0.2) is 0 Å². The van der Waals surface area contributed by atoms with Crippen LogP contribution in [0.15, 0.2) is 0 Å². The number of rotatable bonds is 6. The molecule has 2 saturated carbocycles. The van der Waals surface area contributed by atoms with Gasteiger partial charge in [0.2, 0.25) is 10.0 Å². The van der Waals surface area contributed by atoms with Crippen molar-refractivity contribution in [3.05, 3.63) is 0 Å². The van der Waals surface area contributed by atoms with Crippen molar-refractivity contribution in [3.63, 3.8) is 0 Å². The van der Waals surface area contributed by atoms with E-state index in [2.05, 4.69) is 4.72 Å². The molecule has 0 spiro atoms. The van der Waals surface area contributed by atoms with Crippen LogP contribution in [0.4, 0.5) is 0 Å². The number of nitrogens with one attached hydrogen (secondary N) is 1. The van der Waals surface area contributed by atoms with E-state index in [0.29, 0.717) is 30.2 Å². The van der Waals surface area contributed by atoms with E-state index in [9.17, 15) is 8.42 Å². The number of hydrogen-bond acceptors (Lipinski definition) is 3. The van der Waals surface area contributed by atoms with Crippen molar-refractivity contribution in [3.8, 4) is 0 Å². The van der Waals surface area contributed by atoms with E-state index < -0.39 is 10.0 Å². The fourth-order valence-corrected chi connectivity index (χ4v) is 3.72. The van der Waals surface area contributed by atoms with Gasteiger partial charge >= 0.3 is 0 Å². The summed E-state index contributed by atoms with van der Waals surface area (Å²) < 4.78 is 26.2. The van der Waals surface area contributed by atoms with Crippen LogP contribution in [-0.4, -0.2) is 26.8 Å². The highest BCUT2D eigenvalue weighted by molar-refractivity contribution is 7.89. The maximum absolute atomic E-state index is 11.7. The summed E-state index contributed by atoms with van der Waals surface area (Å²) in [5.41, 5.74) is 5.83. The Labute approximate surface area is 104 Å². The number of nitrogens with two attached hydrogens (primary N) is 1. The van der Waals surface area contributed by atoms with Crippen LogP contribution in [0.5, 0.6) is 0 Å². The molecule has 0 aromatic carbocycles. The van der Waals surface area contributed by atoms with E-state index in [1.165, 1.54) is 12.8 Å². The third-order valence-corrected chi connectivity index (χ3v) is 5.35. The highest BCUT2D eigenvalue weighted by atomic mass is 32.2. The minimum absolute atomic E-state index is 0.309. The van der Waals surface area contributed by atoms with Crippen LogP contribution >= 0.6 is 0 Å². The van der Waals surface area contributed by atoms with Gasteiger partial charge in [0.05, 0.1) is 5.75 Å². The minimum Gasteiger partial charge on any atom is -0.328 e. The van der Waals surface area contributed by atoms with Crippen LogP contribution in [0.25, 0.3) is 0 Å². The van der Waals surface area contributed by atoms with Crippen LogP contribution in [0.1, 0.15) is 44.9 Å². The van der Waals surface area contributed by atoms with E-state index in [4.69, 9.17) is 5.73 Å². The second kappa shape index (κ2) is 5.67. The summed E-state index contributed by atoms with van der Waals surface area (Å²) in [6.45, 7) is 0.611. The molecule has 0 heterocycles. The van der Waals surface area contributed by atoms with E-state index in [1.807, 2.05) is 0 Å². The zero-order chi connectivity index (χ0) is 12.3. The predicted molar refractivity (Wildman–Crippen MR) is 69.1 cm³/mol. The Hall–Kier alpha value is -0.130. The molecule has 2 aliphatic carbocycles. The second-order valence-electron chi connectivity index (χ2n) is 5.68. The smallest absolute Gasteiger partial charge is 0.211 e. The first-order chi connectivity index (χ1) is 8.05. The molecule has 2 fully saturated rings. The first-order valence-electron chi connectivity index (χ1n) is 6.78. The molecule has 100 valence electrons. The maximum Gasteiger partial charge on any atom is 0.211 e. The van der Waals surface area contributed by atoms with Gasteiger partial charge in [0.1, 0.15) is 0 Å². The first kappa shape index (κ1) is 13.3. The summed E-state index contributed by atoms with van der Waals surface area (Å²) in [4.78, 5) is 0. The lowest BCUT2D eigenvalue weighted by Gasteiger charge is -2.26. The molecule has 4 nitrogen and oxygen atoms in total. The Kier molecular flexibility index (Phi) is 4.44. The summed E-state index contributed by atoms with van der Waals surface area (Å²) in [6.07, 6.45) is 7.47. The van der Waals surface area contributed by atoms with Crippen LogP contribution in [0.2, 0.25) is 0 Å². The SMILES string of the molecule is NC1CCC(CNS(=O)(=O)CCC2CC2)CC1. The van der Waals surface area contributed by atoms with Crippen molar-refractivity contribution >= 4 is 10.0 Å². The Bertz CT molecular complexity index is 330. The lowest BCUT2D eigenvalue weighted by Crippen LogP contribution is -2.35. The maximum atomic E-state index is 11.7. The van der Waals surface area contributed by atoms with Gasteiger partial charge in [0.25, 0.3) is 0 Å². The van der Waals surface area contributed by atoms with Crippen molar-refractivity contribution in [1.29, 1.82) is 0 Å². The van der Waals surface area contributed by atoms with Crippen LogP contribution in [-0.2, 0) is 10.0 Å². The normalized spacial score (nSPS) is 30.4. The van der Waals surface area contributed by atoms with Gasteiger partial charge in [-0.1, -0.05) is 12.8 Å². The lowest BCUT2D eigenvalue weighted by molar-refractivity contribution is 0.326. The van der Waals surface area contributed by atoms with Crippen molar-refractivity contribution < 1.29 is 8.42 Å². The summed E-state index contributed by atoms with van der Waals surface area (Å²) in [6, 6.07) is 0.331. The Morgan fingerprint density at radius 2 is 1.59 bits per heavy atom. The Morgan fingerprint density at radius 3 is 2.18 bits per heavy atom. The summed E-state index contributed by atoms with van der Waals surface area (Å²) in [5, 5.41) is 0. The zero-order valence-corrected chi connectivity index (χ0v) is 11.2. The number of hydrogen-bond donors (Lipinski definition) is 2. The molecule has 0 atom stereocenters. The van der Waals surface area contributed by atoms with Crippen molar-refractivity contribution in [2.24, 2.45) is 17.6 Å². The highest BCUT2D eigenvalue weighted by Gasteiger charge is 2.25. The molecular weight excluding hydrogens is 236 g/mol. The van der Waals surface area contributed by atoms with Gasteiger partial charge in [0, 0.05) is 12.6 Å². The summed E-state index contributed by atoms with van der Waals surface area (Å²) >= 11 is 0. The standard InChI is InChI=1S/C12H24N2O2S/c13-12-5-3-11(4-6-12)9-14-17(15,16)8-7-10-1-2-10/h10-12,14H,1-9,13H2. The van der Waals surface area contributed by atoms with E-state index in [1.54, 1.807) is 0 Å². The molecule has 2 aliphatic rings. The molecule has 0 radical (unpaired) electrons. The third-order valence-electron chi connectivity index (χ3n) is 3.98. The lowest BCUT2D eigenvalue weighted by atomic mass is 9.87. The second-order valence-corrected chi connectivity index (χ2v) is 7.61. The topological polar surface area (TPSA) is 72.2 Å². The van der Waals surface area contributed by atoms with Gasteiger partial charge in [-0.2, -0.15) is 0 Å². The fraction of sp³-hybridized carbons (Fsp3) is 1.00. The molecule has 3 N–H and O–H groups in total. The quantitative estimate of drug-likeness (QED) is 0.754. The van der Waals surface area contributed by atoms with Gasteiger partial charge in [-0.05, 0) is 43.9 Å². The van der Waals surface area contributed by atoms with Gasteiger partial charge in [-0.15, -0.1) is 0 Å². The molecule has 2 rings (SSSR count). The molecule has 0 aliphatic heterocycles. The molecule has 17 heavy (non-hydrogen) atoms. The summed E-state index contributed by atoms with van der Waals surface area (Å²) in [5.74, 6) is 1.48. The van der Waals surface area contributed by atoms with E-state index >= 15 is 0 Å². The average Bonchev–Trinajstić information content (AvgIpc) is 3.10. The van der Waals surface area contributed by atoms with Crippen molar-refractivity contribution in [2.45, 2.75) is 51.0 Å². The molecule has 0 amide bonds. The molecule has 5 heteroatoms. The first-order valence-corrected chi connectivity index (χ1v) is 8.43. The third kappa shape index (κ3) is 4.94. The largest absolute Gasteiger partial charge is 0.328 e. The van der Waals surface area contributed by atoms with Gasteiger partial charge < -0.3 is 5.73 Å². The van der Waals surface area contributed by atoms with Crippen molar-refractivity contribution in [1.82, 2.24) is 4.72 Å². The van der Waals surface area contributed by atoms with Gasteiger partial charge in [-0.25, -0.2) is 13.1 Å². The molecule has 0 bridgehead atoms. The van der Waals surface area contributed by atoms with Gasteiger partial charge in [-0.3, -0.25) is 0 Å². The van der Waals surface area contributed by atoms with Crippen molar-refractivity contribution in [2.75, 3.05) is 12.3 Å². The zero-order valence-electron chi connectivity index (χ0n) is 10.4. The molecule has 0 saturated heterocycles. The fourth-order valence-electron chi connectivity index (χ4n) is 2.44. The van der Waals surface area contributed by atoms with Crippen LogP contribution < -0.4 is 10.5 Å². The molecule has 0 aromatic rings. The molecular formula is C12H24N2O2S. The minimum atomic E-state index is -3.03. The monoisotopic (exact) mass is 260 g/mol. The summed E-state index contributed by atoms with van der Waals surface area (Å²) in [7, 11) is -3.03. The highest BCUT2D eigenvalue weighted by Crippen LogP contribution is 2.32. The molecule has 0 aromatic heterocycles. The van der Waals surface area contributed by atoms with E-state index in [0.717, 1.165) is 32.1 Å². The molecule has 0 unspecified atom stereocenters. The van der Waals surface area contributed by atoms with Crippen LogP contribution in [0.3, 0.4) is 0 Å². The average molecular weight is 260 g/mol. The predicted octanol–water partition coefficient (Wildman–Crippen LogP) is 1.22. The number of sulfonamides is 1. The van der Waals surface area contributed by atoms with E-state index in [-0.39, 0.29) is 0 Å². The van der Waals surface area contributed by atoms with Crippen LogP contribution in [0, 0.1) is 11.8 Å². The Morgan fingerprint density at radius 1 is 1.00 bits per heavy atom.